The van der Waals surface area contributed by atoms with Crippen molar-refractivity contribution in [1.82, 2.24) is 15.1 Å². The normalized spacial score (nSPS) is 13.3. The molecular formula is C20H19N3O4. The fraction of sp³-hybridized carbons (Fsp3) is 0.250. The first kappa shape index (κ1) is 17.1. The van der Waals surface area contributed by atoms with Gasteiger partial charge in [-0.05, 0) is 35.7 Å². The van der Waals surface area contributed by atoms with Crippen LogP contribution in [0.5, 0.6) is 11.5 Å². The number of aromatic nitrogens is 2. The summed E-state index contributed by atoms with van der Waals surface area (Å²) in [6, 6.07) is 10.9. The molecule has 7 nitrogen and oxygen atoms in total. The van der Waals surface area contributed by atoms with Crippen LogP contribution in [-0.2, 0) is 13.0 Å². The number of rotatable bonds is 3. The van der Waals surface area contributed by atoms with Crippen LogP contribution in [0.4, 0.5) is 0 Å². The number of carbonyl (C=O) groups excluding carboxylic acids is 1. The third-order valence-corrected chi connectivity index (χ3v) is 4.90. The Balaban J connectivity index is 1.70. The predicted molar refractivity (Wildman–Crippen MR) is 100 cm³/mol. The minimum atomic E-state index is -0.303. The maximum absolute atomic E-state index is 13.1. The average Bonchev–Trinajstić information content (AvgIpc) is 2.72. The first-order valence-electron chi connectivity index (χ1n) is 8.63. The van der Waals surface area contributed by atoms with Gasteiger partial charge in [0, 0.05) is 18.5 Å². The number of nitrogens with one attached hydrogen (secondary N) is 1. The topological polar surface area (TPSA) is 84.5 Å². The van der Waals surface area contributed by atoms with E-state index in [0.717, 1.165) is 11.1 Å². The highest BCUT2D eigenvalue weighted by atomic mass is 16.5. The Bertz CT molecular complexity index is 1090. The largest absolute Gasteiger partial charge is 0.493 e. The minimum absolute atomic E-state index is 0.206. The molecule has 1 N–H and O–H groups in total. The molecule has 0 bridgehead atoms. The molecule has 0 saturated carbocycles. The fourth-order valence-electron chi connectivity index (χ4n) is 3.48. The van der Waals surface area contributed by atoms with Crippen LogP contribution in [0.1, 0.15) is 21.6 Å². The van der Waals surface area contributed by atoms with E-state index in [1.807, 2.05) is 12.1 Å². The molecule has 1 aromatic heterocycles. The Morgan fingerprint density at radius 3 is 2.44 bits per heavy atom. The van der Waals surface area contributed by atoms with Crippen LogP contribution in [0.25, 0.3) is 10.8 Å². The predicted octanol–water partition coefficient (Wildman–Crippen LogP) is 2.14. The molecule has 0 spiro atoms. The van der Waals surface area contributed by atoms with Crippen molar-refractivity contribution in [3.63, 3.8) is 0 Å². The molecule has 138 valence electrons. The number of nitrogens with zero attached hydrogens (tertiary/aromatic N) is 2. The lowest BCUT2D eigenvalue weighted by molar-refractivity contribution is 0.0729. The molecule has 1 aliphatic rings. The number of carbonyl (C=O) groups is 1. The summed E-state index contributed by atoms with van der Waals surface area (Å²) in [5, 5.41) is 7.47. The zero-order valence-electron chi connectivity index (χ0n) is 15.1. The zero-order chi connectivity index (χ0) is 19.0. The van der Waals surface area contributed by atoms with Crippen molar-refractivity contribution in [3.8, 4) is 11.5 Å². The standard InChI is InChI=1S/C20H19N3O4/c1-26-16-9-12-7-8-23(11-13(12)10-17(16)27-2)20(25)18-14-5-3-4-6-15(14)19(24)22-21-18/h3-6,9-10H,7-8,11H2,1-2H3,(H,22,24). The van der Waals surface area contributed by atoms with Gasteiger partial charge in [0.15, 0.2) is 17.2 Å². The summed E-state index contributed by atoms with van der Waals surface area (Å²) in [7, 11) is 3.20. The van der Waals surface area contributed by atoms with Crippen molar-refractivity contribution < 1.29 is 14.3 Å². The van der Waals surface area contributed by atoms with Crippen LogP contribution in [0.15, 0.2) is 41.2 Å². The van der Waals surface area contributed by atoms with Gasteiger partial charge >= 0.3 is 0 Å². The summed E-state index contributed by atoms with van der Waals surface area (Å²) in [5.74, 6) is 1.12. The SMILES string of the molecule is COc1cc2c(cc1OC)CN(C(=O)c1n[nH]c(=O)c3ccccc13)CC2. The van der Waals surface area contributed by atoms with E-state index in [-0.39, 0.29) is 17.2 Å². The smallest absolute Gasteiger partial charge is 0.275 e. The molecule has 2 heterocycles. The summed E-state index contributed by atoms with van der Waals surface area (Å²) in [4.78, 5) is 26.8. The van der Waals surface area contributed by atoms with Crippen molar-refractivity contribution in [2.45, 2.75) is 13.0 Å². The number of ether oxygens (including phenoxy) is 2. The third kappa shape index (κ3) is 2.91. The molecular weight excluding hydrogens is 346 g/mol. The van der Waals surface area contributed by atoms with E-state index in [4.69, 9.17) is 9.47 Å². The van der Waals surface area contributed by atoms with Crippen molar-refractivity contribution in [2.75, 3.05) is 20.8 Å². The molecule has 1 aliphatic heterocycles. The van der Waals surface area contributed by atoms with Gasteiger partial charge in [0.1, 0.15) is 0 Å². The molecule has 0 saturated heterocycles. The van der Waals surface area contributed by atoms with Gasteiger partial charge in [-0.2, -0.15) is 5.10 Å². The summed E-state index contributed by atoms with van der Waals surface area (Å²) in [6.45, 7) is 1.01. The third-order valence-electron chi connectivity index (χ3n) is 4.90. The lowest BCUT2D eigenvalue weighted by Crippen LogP contribution is -2.37. The molecule has 7 heteroatoms. The van der Waals surface area contributed by atoms with Gasteiger partial charge in [0.05, 0.1) is 19.6 Å². The second-order valence-corrected chi connectivity index (χ2v) is 6.40. The van der Waals surface area contributed by atoms with Gasteiger partial charge in [0.2, 0.25) is 0 Å². The van der Waals surface area contributed by atoms with Gasteiger partial charge in [-0.1, -0.05) is 18.2 Å². The fourth-order valence-corrected chi connectivity index (χ4v) is 3.48. The van der Waals surface area contributed by atoms with Gasteiger partial charge < -0.3 is 14.4 Å². The number of amides is 1. The van der Waals surface area contributed by atoms with Gasteiger partial charge in [-0.15, -0.1) is 0 Å². The Kier molecular flexibility index (Phi) is 4.27. The van der Waals surface area contributed by atoms with E-state index < -0.39 is 0 Å². The van der Waals surface area contributed by atoms with E-state index in [9.17, 15) is 9.59 Å². The number of fused-ring (bicyclic) bond motifs is 2. The van der Waals surface area contributed by atoms with Gasteiger partial charge in [-0.25, -0.2) is 5.10 Å². The number of H-pyrrole nitrogens is 1. The first-order valence-corrected chi connectivity index (χ1v) is 8.63. The highest BCUT2D eigenvalue weighted by molar-refractivity contribution is 6.04. The van der Waals surface area contributed by atoms with Crippen LogP contribution in [0, 0.1) is 0 Å². The average molecular weight is 365 g/mol. The highest BCUT2D eigenvalue weighted by Gasteiger charge is 2.26. The number of hydrogen-bond donors (Lipinski definition) is 1. The van der Waals surface area contributed by atoms with Gasteiger partial charge in [0.25, 0.3) is 11.5 Å². The lowest BCUT2D eigenvalue weighted by atomic mass is 9.98. The summed E-state index contributed by atoms with van der Waals surface area (Å²) < 4.78 is 10.7. The summed E-state index contributed by atoms with van der Waals surface area (Å²) >= 11 is 0. The number of benzene rings is 2. The maximum atomic E-state index is 13.1. The summed E-state index contributed by atoms with van der Waals surface area (Å²) in [6.07, 6.45) is 0.711. The minimum Gasteiger partial charge on any atom is -0.493 e. The Labute approximate surface area is 155 Å². The van der Waals surface area contributed by atoms with Gasteiger partial charge in [-0.3, -0.25) is 9.59 Å². The number of methoxy groups -OCH3 is 2. The van der Waals surface area contributed by atoms with Crippen LogP contribution in [0.2, 0.25) is 0 Å². The Morgan fingerprint density at radius 1 is 1.07 bits per heavy atom. The van der Waals surface area contributed by atoms with Crippen molar-refractivity contribution in [3.05, 3.63) is 63.6 Å². The van der Waals surface area contributed by atoms with E-state index in [1.165, 1.54) is 0 Å². The van der Waals surface area contributed by atoms with Crippen LogP contribution in [0.3, 0.4) is 0 Å². The highest BCUT2D eigenvalue weighted by Crippen LogP contribution is 2.33. The monoisotopic (exact) mass is 365 g/mol. The van der Waals surface area contributed by atoms with E-state index >= 15 is 0 Å². The molecule has 3 aromatic rings. The Morgan fingerprint density at radius 2 is 1.74 bits per heavy atom. The van der Waals surface area contributed by atoms with E-state index in [2.05, 4.69) is 10.2 Å². The number of aromatic amines is 1. The molecule has 0 radical (unpaired) electrons. The van der Waals surface area contributed by atoms with Crippen LogP contribution >= 0.6 is 0 Å². The Hall–Kier alpha value is -3.35. The molecule has 0 aliphatic carbocycles. The quantitative estimate of drug-likeness (QED) is 0.769. The second kappa shape index (κ2) is 6.75. The molecule has 27 heavy (non-hydrogen) atoms. The van der Waals surface area contributed by atoms with Crippen molar-refractivity contribution in [1.29, 1.82) is 0 Å². The maximum Gasteiger partial charge on any atom is 0.275 e. The van der Waals surface area contributed by atoms with E-state index in [0.29, 0.717) is 41.8 Å². The molecule has 1 amide bonds. The first-order chi connectivity index (χ1) is 13.1. The number of hydrogen-bond acceptors (Lipinski definition) is 5. The lowest BCUT2D eigenvalue weighted by Gasteiger charge is -2.29. The molecule has 2 aromatic carbocycles. The second-order valence-electron chi connectivity index (χ2n) is 6.40. The van der Waals surface area contributed by atoms with Crippen LogP contribution < -0.4 is 15.0 Å². The van der Waals surface area contributed by atoms with Crippen molar-refractivity contribution >= 4 is 16.7 Å². The molecule has 0 atom stereocenters. The van der Waals surface area contributed by atoms with E-state index in [1.54, 1.807) is 43.4 Å². The van der Waals surface area contributed by atoms with Crippen LogP contribution in [-0.4, -0.2) is 41.8 Å². The molecule has 4 rings (SSSR count). The summed E-state index contributed by atoms with van der Waals surface area (Å²) in [5.41, 5.74) is 2.11. The molecule has 0 fully saturated rings. The van der Waals surface area contributed by atoms with Crippen molar-refractivity contribution in [2.24, 2.45) is 0 Å². The molecule has 0 unspecified atom stereocenters. The zero-order valence-corrected chi connectivity index (χ0v) is 15.1.